The van der Waals surface area contributed by atoms with Crippen molar-refractivity contribution in [2.24, 2.45) is 0 Å². The maximum Gasteiger partial charge on any atom is 0.503 e. The largest absolute Gasteiger partial charge is 0.503 e. The first-order chi connectivity index (χ1) is 5.13. The van der Waals surface area contributed by atoms with Gasteiger partial charge in [0.1, 0.15) is 0 Å². The molecule has 1 heterocycles. The van der Waals surface area contributed by atoms with Crippen LogP contribution in [0.3, 0.4) is 0 Å². The van der Waals surface area contributed by atoms with Crippen molar-refractivity contribution in [3.63, 3.8) is 0 Å². The van der Waals surface area contributed by atoms with Crippen LogP contribution >= 0.6 is 12.8 Å². The van der Waals surface area contributed by atoms with Crippen LogP contribution in [-0.4, -0.2) is 47.0 Å². The molecule has 1 rings (SSSR count). The van der Waals surface area contributed by atoms with Gasteiger partial charge in [-0.1, -0.05) is 12.8 Å². The maximum atomic E-state index is 8.56. The van der Waals surface area contributed by atoms with E-state index in [0.29, 0.717) is 0 Å². The van der Waals surface area contributed by atoms with Crippen molar-refractivity contribution < 1.29 is 19.7 Å². The minimum Gasteiger partial charge on any atom is -0.450 e. The standard InChI is InChI=1S/C4H9NOS.CH2O3/c7-5-1-3-6-4-2-5;2-1(3)4/h7H,1-4H2;(H2,2,3,4). The van der Waals surface area contributed by atoms with Gasteiger partial charge in [-0.3, -0.25) is 0 Å². The van der Waals surface area contributed by atoms with E-state index in [9.17, 15) is 0 Å². The quantitative estimate of drug-likeness (QED) is 0.471. The molecule has 0 aromatic carbocycles. The Balaban J connectivity index is 0.000000218. The molecule has 66 valence electrons. The second-order valence-corrected chi connectivity index (χ2v) is 2.41. The van der Waals surface area contributed by atoms with Gasteiger partial charge in [0, 0.05) is 13.1 Å². The number of carboxylic acid groups (broad SMARTS) is 2. The van der Waals surface area contributed by atoms with Gasteiger partial charge >= 0.3 is 6.16 Å². The second kappa shape index (κ2) is 6.26. The summed E-state index contributed by atoms with van der Waals surface area (Å²) < 4.78 is 7.01. The summed E-state index contributed by atoms with van der Waals surface area (Å²) in [7, 11) is 0. The van der Waals surface area contributed by atoms with Crippen molar-refractivity contribution in [3.05, 3.63) is 0 Å². The van der Waals surface area contributed by atoms with E-state index in [2.05, 4.69) is 12.8 Å². The van der Waals surface area contributed by atoms with E-state index in [-0.39, 0.29) is 0 Å². The van der Waals surface area contributed by atoms with E-state index in [1.165, 1.54) is 0 Å². The predicted octanol–water partition coefficient (Wildman–Crippen LogP) is 0.386. The Morgan fingerprint density at radius 2 is 1.73 bits per heavy atom. The van der Waals surface area contributed by atoms with E-state index in [4.69, 9.17) is 19.7 Å². The number of rotatable bonds is 0. The van der Waals surface area contributed by atoms with Gasteiger partial charge in [-0.2, -0.15) is 0 Å². The molecule has 0 atom stereocenters. The van der Waals surface area contributed by atoms with Gasteiger partial charge in [-0.25, -0.2) is 9.10 Å². The predicted molar refractivity (Wildman–Crippen MR) is 42.0 cm³/mol. The van der Waals surface area contributed by atoms with Gasteiger partial charge in [0.2, 0.25) is 0 Å². The molecule has 11 heavy (non-hydrogen) atoms. The number of hydrogen-bond acceptors (Lipinski definition) is 4. The van der Waals surface area contributed by atoms with E-state index in [1.54, 1.807) is 0 Å². The normalized spacial score (nSPS) is 18.3. The molecule has 0 radical (unpaired) electrons. The van der Waals surface area contributed by atoms with Crippen LogP contribution in [0.5, 0.6) is 0 Å². The highest BCUT2D eigenvalue weighted by molar-refractivity contribution is 7.77. The van der Waals surface area contributed by atoms with Crippen LogP contribution in [0.15, 0.2) is 0 Å². The molecule has 1 aliphatic rings. The Hall–Kier alpha value is -0.460. The Morgan fingerprint density at radius 1 is 1.36 bits per heavy atom. The van der Waals surface area contributed by atoms with E-state index >= 15 is 0 Å². The lowest BCUT2D eigenvalue weighted by molar-refractivity contribution is 0.0781. The second-order valence-electron chi connectivity index (χ2n) is 1.85. The number of nitrogens with zero attached hydrogens (tertiary/aromatic N) is 1. The minimum absolute atomic E-state index is 0.837. The van der Waals surface area contributed by atoms with Gasteiger partial charge in [0.05, 0.1) is 13.2 Å². The SMILES string of the molecule is O=C(O)O.SN1CCOCC1. The zero-order valence-corrected chi connectivity index (χ0v) is 6.83. The Morgan fingerprint density at radius 3 is 1.91 bits per heavy atom. The van der Waals surface area contributed by atoms with Crippen LogP contribution in [0.25, 0.3) is 0 Å². The molecule has 1 saturated heterocycles. The van der Waals surface area contributed by atoms with Crippen LogP contribution < -0.4 is 0 Å². The molecule has 5 nitrogen and oxygen atoms in total. The average molecular weight is 181 g/mol. The van der Waals surface area contributed by atoms with Crippen molar-refractivity contribution in [1.29, 1.82) is 0 Å². The van der Waals surface area contributed by atoms with E-state index in [1.807, 2.05) is 4.31 Å². The lowest BCUT2D eigenvalue weighted by Gasteiger charge is -2.19. The molecule has 0 aromatic heterocycles. The molecule has 0 spiro atoms. The number of hydrogen-bond donors (Lipinski definition) is 3. The van der Waals surface area contributed by atoms with Crippen molar-refractivity contribution >= 4 is 19.0 Å². The minimum atomic E-state index is -1.83. The molecule has 0 unspecified atom stereocenters. The fourth-order valence-corrected chi connectivity index (χ4v) is 0.717. The molecular weight excluding hydrogens is 170 g/mol. The van der Waals surface area contributed by atoms with Crippen molar-refractivity contribution in [1.82, 2.24) is 4.31 Å². The molecule has 1 aliphatic heterocycles. The van der Waals surface area contributed by atoms with Crippen molar-refractivity contribution in [2.75, 3.05) is 26.3 Å². The van der Waals surface area contributed by atoms with Gasteiger partial charge in [-0.15, -0.1) is 0 Å². The van der Waals surface area contributed by atoms with Crippen LogP contribution in [0.1, 0.15) is 0 Å². The molecule has 0 amide bonds. The Kier molecular flexibility index (Phi) is 6.00. The fraction of sp³-hybridized carbons (Fsp3) is 0.800. The van der Waals surface area contributed by atoms with E-state index < -0.39 is 6.16 Å². The Bertz CT molecular complexity index is 111. The molecule has 0 saturated carbocycles. The highest BCUT2D eigenvalue weighted by atomic mass is 32.1. The summed E-state index contributed by atoms with van der Waals surface area (Å²) in [5.74, 6) is 0. The topological polar surface area (TPSA) is 70.0 Å². The monoisotopic (exact) mass is 181 g/mol. The first-order valence-electron chi connectivity index (χ1n) is 3.06. The van der Waals surface area contributed by atoms with Crippen LogP contribution in [0.4, 0.5) is 4.79 Å². The molecule has 1 fully saturated rings. The summed E-state index contributed by atoms with van der Waals surface area (Å²) in [5, 5.41) is 13.9. The first kappa shape index (κ1) is 10.5. The maximum absolute atomic E-state index is 8.56. The van der Waals surface area contributed by atoms with Crippen LogP contribution in [0, 0.1) is 0 Å². The lowest BCUT2D eigenvalue weighted by Crippen LogP contribution is -2.28. The van der Waals surface area contributed by atoms with Crippen molar-refractivity contribution in [2.45, 2.75) is 0 Å². The molecule has 0 bridgehead atoms. The lowest BCUT2D eigenvalue weighted by atomic mass is 10.5. The third-order valence-corrected chi connectivity index (χ3v) is 1.39. The smallest absolute Gasteiger partial charge is 0.450 e. The molecule has 0 aromatic rings. The zero-order chi connectivity index (χ0) is 8.69. The summed E-state index contributed by atoms with van der Waals surface area (Å²) in [5.41, 5.74) is 0. The van der Waals surface area contributed by atoms with E-state index in [0.717, 1.165) is 26.3 Å². The number of morpholine rings is 1. The Labute approximate surface area is 70.1 Å². The van der Waals surface area contributed by atoms with Gasteiger partial charge in [0.15, 0.2) is 0 Å². The molecule has 2 N–H and O–H groups in total. The summed E-state index contributed by atoms with van der Waals surface area (Å²) >= 11 is 4.11. The summed E-state index contributed by atoms with van der Waals surface area (Å²) in [6.45, 7) is 3.60. The van der Waals surface area contributed by atoms with Gasteiger partial charge < -0.3 is 14.9 Å². The van der Waals surface area contributed by atoms with Crippen molar-refractivity contribution in [3.8, 4) is 0 Å². The molecule has 6 heteroatoms. The van der Waals surface area contributed by atoms with Gasteiger partial charge in [-0.05, 0) is 0 Å². The first-order valence-corrected chi connectivity index (χ1v) is 3.46. The summed E-state index contributed by atoms with van der Waals surface area (Å²) in [4.78, 5) is 8.56. The number of carbonyl (C=O) groups is 1. The average Bonchev–Trinajstić information content (AvgIpc) is 1.87. The fourth-order valence-electron chi connectivity index (χ4n) is 0.554. The van der Waals surface area contributed by atoms with Crippen LogP contribution in [0.2, 0.25) is 0 Å². The third kappa shape index (κ3) is 9.54. The van der Waals surface area contributed by atoms with Gasteiger partial charge in [0.25, 0.3) is 0 Å². The van der Waals surface area contributed by atoms with Crippen LogP contribution in [-0.2, 0) is 4.74 Å². The number of thiol groups is 1. The summed E-state index contributed by atoms with van der Waals surface area (Å²) in [6, 6.07) is 0. The highest BCUT2D eigenvalue weighted by Gasteiger charge is 2.03. The zero-order valence-electron chi connectivity index (χ0n) is 5.93. The molecular formula is C5H11NO4S. The highest BCUT2D eigenvalue weighted by Crippen LogP contribution is 1.97. The number of ether oxygens (including phenoxy) is 1. The summed E-state index contributed by atoms with van der Waals surface area (Å²) in [6.07, 6.45) is -1.83. The third-order valence-electron chi connectivity index (χ3n) is 0.987. The molecule has 0 aliphatic carbocycles.